The standard InChI is InChI=1S/C16H29NO3/c1-12(20-14-7-5-3-4-6-8-14)16(19)17(2)11-15(18)13-9-10-13/h12-15,18H,3-11H2,1-2H3. The fourth-order valence-electron chi connectivity index (χ4n) is 3.04. The van der Waals surface area contributed by atoms with Crippen LogP contribution in [0.1, 0.15) is 58.3 Å². The molecule has 2 atom stereocenters. The van der Waals surface area contributed by atoms with Crippen LogP contribution in [-0.4, -0.2) is 47.8 Å². The Bertz CT molecular complexity index is 309. The van der Waals surface area contributed by atoms with Gasteiger partial charge in [0.2, 0.25) is 0 Å². The average molecular weight is 283 g/mol. The molecule has 2 fully saturated rings. The molecule has 2 aliphatic carbocycles. The van der Waals surface area contributed by atoms with Crippen molar-refractivity contribution in [3.8, 4) is 0 Å². The van der Waals surface area contributed by atoms with Gasteiger partial charge >= 0.3 is 0 Å². The maximum atomic E-state index is 12.3. The van der Waals surface area contributed by atoms with Crippen molar-refractivity contribution in [2.24, 2.45) is 5.92 Å². The van der Waals surface area contributed by atoms with Crippen molar-refractivity contribution in [1.82, 2.24) is 4.90 Å². The molecule has 0 spiro atoms. The van der Waals surface area contributed by atoms with Gasteiger partial charge in [0.25, 0.3) is 5.91 Å². The van der Waals surface area contributed by atoms with Crippen LogP contribution in [0, 0.1) is 5.92 Å². The van der Waals surface area contributed by atoms with E-state index >= 15 is 0 Å². The second-order valence-corrected chi connectivity index (χ2v) is 6.52. The van der Waals surface area contributed by atoms with Gasteiger partial charge in [-0.05, 0) is 38.5 Å². The number of aliphatic hydroxyl groups is 1. The molecule has 2 saturated carbocycles. The zero-order valence-corrected chi connectivity index (χ0v) is 12.9. The van der Waals surface area contributed by atoms with Crippen molar-refractivity contribution in [2.45, 2.75) is 76.6 Å². The molecule has 0 aromatic carbocycles. The number of rotatable bonds is 6. The normalized spacial score (nSPS) is 23.9. The molecule has 2 aliphatic rings. The van der Waals surface area contributed by atoms with Crippen LogP contribution in [0.15, 0.2) is 0 Å². The van der Waals surface area contributed by atoms with Gasteiger partial charge in [0.1, 0.15) is 6.10 Å². The van der Waals surface area contributed by atoms with Crippen LogP contribution in [-0.2, 0) is 9.53 Å². The number of nitrogens with zero attached hydrogens (tertiary/aromatic N) is 1. The molecule has 0 aromatic rings. The van der Waals surface area contributed by atoms with E-state index in [9.17, 15) is 9.90 Å². The largest absolute Gasteiger partial charge is 0.391 e. The fraction of sp³-hybridized carbons (Fsp3) is 0.938. The lowest BCUT2D eigenvalue weighted by Crippen LogP contribution is -2.42. The highest BCUT2D eigenvalue weighted by Gasteiger charge is 2.32. The van der Waals surface area contributed by atoms with Crippen molar-refractivity contribution in [3.05, 3.63) is 0 Å². The molecule has 1 N–H and O–H groups in total. The van der Waals surface area contributed by atoms with E-state index in [1.165, 1.54) is 25.7 Å². The van der Waals surface area contributed by atoms with Crippen LogP contribution >= 0.6 is 0 Å². The van der Waals surface area contributed by atoms with E-state index in [0.29, 0.717) is 12.5 Å². The van der Waals surface area contributed by atoms with Crippen LogP contribution in [0.25, 0.3) is 0 Å². The molecule has 0 radical (unpaired) electrons. The molecule has 4 nitrogen and oxygen atoms in total. The summed E-state index contributed by atoms with van der Waals surface area (Å²) in [7, 11) is 1.76. The number of amides is 1. The van der Waals surface area contributed by atoms with Crippen molar-refractivity contribution < 1.29 is 14.6 Å². The number of hydrogen-bond acceptors (Lipinski definition) is 3. The summed E-state index contributed by atoms with van der Waals surface area (Å²) in [5, 5.41) is 9.91. The SMILES string of the molecule is CC(OC1CCCCCC1)C(=O)N(C)CC(O)C1CC1. The van der Waals surface area contributed by atoms with E-state index in [4.69, 9.17) is 4.74 Å². The zero-order chi connectivity index (χ0) is 14.5. The summed E-state index contributed by atoms with van der Waals surface area (Å²) >= 11 is 0. The first kappa shape index (κ1) is 15.8. The van der Waals surface area contributed by atoms with Gasteiger partial charge in [-0.2, -0.15) is 0 Å². The van der Waals surface area contributed by atoms with Crippen molar-refractivity contribution in [2.75, 3.05) is 13.6 Å². The van der Waals surface area contributed by atoms with Gasteiger partial charge in [-0.3, -0.25) is 4.79 Å². The van der Waals surface area contributed by atoms with E-state index in [-0.39, 0.29) is 18.1 Å². The Hall–Kier alpha value is -0.610. The second kappa shape index (κ2) is 7.41. The van der Waals surface area contributed by atoms with E-state index in [1.807, 2.05) is 6.92 Å². The van der Waals surface area contributed by atoms with Gasteiger partial charge < -0.3 is 14.7 Å². The maximum absolute atomic E-state index is 12.3. The van der Waals surface area contributed by atoms with Gasteiger partial charge in [0.05, 0.1) is 12.2 Å². The molecule has 4 heteroatoms. The Morgan fingerprint density at radius 3 is 2.35 bits per heavy atom. The Morgan fingerprint density at radius 1 is 1.20 bits per heavy atom. The van der Waals surface area contributed by atoms with Crippen molar-refractivity contribution in [1.29, 1.82) is 0 Å². The Kier molecular flexibility index (Phi) is 5.85. The first-order valence-corrected chi connectivity index (χ1v) is 8.16. The summed E-state index contributed by atoms with van der Waals surface area (Å²) in [5.74, 6) is 0.400. The fourth-order valence-corrected chi connectivity index (χ4v) is 3.04. The molecule has 1 amide bonds. The molecule has 0 saturated heterocycles. The molecule has 0 aliphatic heterocycles. The molecule has 0 aromatic heterocycles. The predicted octanol–water partition coefficient (Wildman–Crippen LogP) is 2.34. The minimum Gasteiger partial charge on any atom is -0.391 e. The second-order valence-electron chi connectivity index (χ2n) is 6.52. The van der Waals surface area contributed by atoms with Crippen LogP contribution in [0.5, 0.6) is 0 Å². The molecule has 2 rings (SSSR count). The summed E-state index contributed by atoms with van der Waals surface area (Å²) in [6.45, 7) is 2.27. The molecular weight excluding hydrogens is 254 g/mol. The summed E-state index contributed by atoms with van der Waals surface area (Å²) in [6, 6.07) is 0. The lowest BCUT2D eigenvalue weighted by Gasteiger charge is -2.26. The third-order valence-electron chi connectivity index (χ3n) is 4.55. The van der Waals surface area contributed by atoms with E-state index < -0.39 is 6.10 Å². The Morgan fingerprint density at radius 2 is 1.80 bits per heavy atom. The highest BCUT2D eigenvalue weighted by Crippen LogP contribution is 2.32. The summed E-state index contributed by atoms with van der Waals surface area (Å²) < 4.78 is 5.94. The van der Waals surface area contributed by atoms with Crippen molar-refractivity contribution in [3.63, 3.8) is 0 Å². The smallest absolute Gasteiger partial charge is 0.251 e. The van der Waals surface area contributed by atoms with Crippen LogP contribution in [0.3, 0.4) is 0 Å². The minimum atomic E-state index is -0.394. The third-order valence-corrected chi connectivity index (χ3v) is 4.55. The highest BCUT2D eigenvalue weighted by molar-refractivity contribution is 5.80. The Balaban J connectivity index is 1.74. The first-order valence-electron chi connectivity index (χ1n) is 8.16. The van der Waals surface area contributed by atoms with Gasteiger partial charge in [-0.1, -0.05) is 25.7 Å². The van der Waals surface area contributed by atoms with E-state index in [0.717, 1.165) is 25.7 Å². The summed E-state index contributed by atoms with van der Waals surface area (Å²) in [4.78, 5) is 13.9. The molecule has 0 heterocycles. The maximum Gasteiger partial charge on any atom is 0.251 e. The van der Waals surface area contributed by atoms with Crippen LogP contribution in [0.4, 0.5) is 0 Å². The third kappa shape index (κ3) is 4.74. The van der Waals surface area contributed by atoms with Gasteiger partial charge in [-0.25, -0.2) is 0 Å². The zero-order valence-electron chi connectivity index (χ0n) is 12.9. The monoisotopic (exact) mass is 283 g/mol. The number of carbonyl (C=O) groups excluding carboxylic acids is 1. The lowest BCUT2D eigenvalue weighted by atomic mass is 10.1. The number of ether oxygens (including phenoxy) is 1. The number of aliphatic hydroxyl groups excluding tert-OH is 1. The van der Waals surface area contributed by atoms with E-state index in [1.54, 1.807) is 11.9 Å². The van der Waals surface area contributed by atoms with Gasteiger partial charge in [0.15, 0.2) is 0 Å². The Labute approximate surface area is 122 Å². The van der Waals surface area contributed by atoms with Gasteiger partial charge in [-0.15, -0.1) is 0 Å². The van der Waals surface area contributed by atoms with Crippen LogP contribution in [0.2, 0.25) is 0 Å². The number of hydrogen-bond donors (Lipinski definition) is 1. The van der Waals surface area contributed by atoms with E-state index in [2.05, 4.69) is 0 Å². The minimum absolute atomic E-state index is 0.00560. The molecule has 116 valence electrons. The predicted molar refractivity (Wildman–Crippen MR) is 78.4 cm³/mol. The van der Waals surface area contributed by atoms with Gasteiger partial charge in [0, 0.05) is 13.6 Å². The molecule has 0 bridgehead atoms. The van der Waals surface area contributed by atoms with Crippen molar-refractivity contribution >= 4 is 5.91 Å². The van der Waals surface area contributed by atoms with Crippen LogP contribution < -0.4 is 0 Å². The topological polar surface area (TPSA) is 49.8 Å². The lowest BCUT2D eigenvalue weighted by molar-refractivity contribution is -0.146. The highest BCUT2D eigenvalue weighted by atomic mass is 16.5. The summed E-state index contributed by atoms with van der Waals surface area (Å²) in [5.41, 5.74) is 0. The quantitative estimate of drug-likeness (QED) is 0.761. The molecule has 20 heavy (non-hydrogen) atoms. The number of likely N-dealkylation sites (N-methyl/N-ethyl adjacent to an activating group) is 1. The molecular formula is C16H29NO3. The summed E-state index contributed by atoms with van der Waals surface area (Å²) in [6.07, 6.45) is 8.81. The molecule has 2 unspecified atom stereocenters. The number of carbonyl (C=O) groups is 1. The average Bonchev–Trinajstić information content (AvgIpc) is 3.25. The first-order chi connectivity index (χ1) is 9.58.